The lowest BCUT2D eigenvalue weighted by molar-refractivity contribution is 0.494. The number of hydrogen-bond acceptors (Lipinski definition) is 5. The van der Waals surface area contributed by atoms with Gasteiger partial charge in [0, 0.05) is 31.7 Å². The highest BCUT2D eigenvalue weighted by molar-refractivity contribution is 5.40. The maximum Gasteiger partial charge on any atom is 0.173 e. The fourth-order valence-electron chi connectivity index (χ4n) is 2.81. The van der Waals surface area contributed by atoms with E-state index in [4.69, 9.17) is 0 Å². The van der Waals surface area contributed by atoms with Crippen molar-refractivity contribution in [3.8, 4) is 5.82 Å². The smallest absolute Gasteiger partial charge is 0.173 e. The first-order valence-electron chi connectivity index (χ1n) is 7.37. The van der Waals surface area contributed by atoms with Crippen LogP contribution in [0.3, 0.4) is 0 Å². The molecule has 0 amide bonds. The molecular formula is C15H17N7. The number of aromatic nitrogens is 6. The van der Waals surface area contributed by atoms with Gasteiger partial charge in [-0.15, -0.1) is 0 Å². The molecule has 0 saturated carbocycles. The Bertz CT molecular complexity index is 762. The molecule has 7 heteroatoms. The number of nitrogens with zero attached hydrogens (tertiary/aromatic N) is 7. The summed E-state index contributed by atoms with van der Waals surface area (Å²) in [5.41, 5.74) is 1.19. The second-order valence-corrected chi connectivity index (χ2v) is 5.57. The maximum atomic E-state index is 4.66. The van der Waals surface area contributed by atoms with Crippen molar-refractivity contribution in [2.75, 3.05) is 18.0 Å². The summed E-state index contributed by atoms with van der Waals surface area (Å²) in [6.45, 7) is 3.93. The monoisotopic (exact) mass is 295 g/mol. The summed E-state index contributed by atoms with van der Waals surface area (Å²) in [5.74, 6) is 1.63. The van der Waals surface area contributed by atoms with Gasteiger partial charge in [0.15, 0.2) is 5.82 Å². The molecule has 1 unspecified atom stereocenters. The third-order valence-electron chi connectivity index (χ3n) is 3.94. The number of rotatable bonds is 3. The third-order valence-corrected chi connectivity index (χ3v) is 3.94. The van der Waals surface area contributed by atoms with Crippen molar-refractivity contribution in [3.63, 3.8) is 0 Å². The van der Waals surface area contributed by atoms with E-state index in [0.717, 1.165) is 31.1 Å². The molecule has 1 aliphatic heterocycles. The molecule has 0 aliphatic carbocycles. The lowest BCUT2D eigenvalue weighted by atomic mass is 10.3. The zero-order valence-corrected chi connectivity index (χ0v) is 12.4. The lowest BCUT2D eigenvalue weighted by Gasteiger charge is -2.17. The molecule has 1 atom stereocenters. The molecule has 0 aromatic carbocycles. The Morgan fingerprint density at radius 1 is 1.14 bits per heavy atom. The minimum atomic E-state index is 0.392. The van der Waals surface area contributed by atoms with Gasteiger partial charge >= 0.3 is 0 Å². The van der Waals surface area contributed by atoms with Gasteiger partial charge in [0.05, 0.1) is 24.6 Å². The summed E-state index contributed by atoms with van der Waals surface area (Å²) in [6, 6.07) is 2.27. The highest BCUT2D eigenvalue weighted by atomic mass is 15.4. The summed E-state index contributed by atoms with van der Waals surface area (Å²) in [6.07, 6.45) is 12.2. The van der Waals surface area contributed by atoms with E-state index in [0.29, 0.717) is 6.04 Å². The van der Waals surface area contributed by atoms with Gasteiger partial charge in [0.25, 0.3) is 0 Å². The van der Waals surface area contributed by atoms with Crippen LogP contribution >= 0.6 is 0 Å². The number of anilines is 1. The number of hydrogen-bond donors (Lipinski definition) is 0. The highest BCUT2D eigenvalue weighted by Crippen LogP contribution is 2.25. The fraction of sp³-hybridized carbons (Fsp3) is 0.333. The van der Waals surface area contributed by atoms with Crippen LogP contribution in [0.25, 0.3) is 5.82 Å². The molecule has 112 valence electrons. The van der Waals surface area contributed by atoms with Crippen molar-refractivity contribution in [1.82, 2.24) is 29.5 Å². The molecule has 3 aromatic heterocycles. The summed E-state index contributed by atoms with van der Waals surface area (Å²) < 4.78 is 3.78. The Hall–Kier alpha value is -2.70. The van der Waals surface area contributed by atoms with Crippen LogP contribution in [0.2, 0.25) is 0 Å². The molecule has 1 aliphatic rings. The molecular weight excluding hydrogens is 278 g/mol. The zero-order chi connectivity index (χ0) is 14.9. The Kier molecular flexibility index (Phi) is 3.10. The van der Waals surface area contributed by atoms with Gasteiger partial charge in [-0.2, -0.15) is 10.2 Å². The van der Waals surface area contributed by atoms with Crippen molar-refractivity contribution in [2.45, 2.75) is 19.4 Å². The molecule has 1 saturated heterocycles. The normalized spacial score (nSPS) is 18.0. The summed E-state index contributed by atoms with van der Waals surface area (Å²) in [7, 11) is 0. The molecule has 3 aromatic rings. The van der Waals surface area contributed by atoms with Crippen LogP contribution in [0, 0.1) is 6.92 Å². The third kappa shape index (κ3) is 2.34. The molecule has 0 spiro atoms. The van der Waals surface area contributed by atoms with Gasteiger partial charge in [-0.05, 0) is 25.0 Å². The zero-order valence-electron chi connectivity index (χ0n) is 12.4. The standard InChI is InChI=1S/C15H17N7/c1-12-7-18-22(10-12)13-3-6-20(11-13)14-8-16-9-15(19-14)21-5-2-4-17-21/h2,4-5,7-10,13H,3,6,11H2,1H3. The van der Waals surface area contributed by atoms with Gasteiger partial charge in [-0.3, -0.25) is 9.67 Å². The van der Waals surface area contributed by atoms with Crippen LogP contribution in [-0.4, -0.2) is 42.6 Å². The van der Waals surface area contributed by atoms with Crippen molar-refractivity contribution in [2.24, 2.45) is 0 Å². The van der Waals surface area contributed by atoms with Crippen LogP contribution in [0.5, 0.6) is 0 Å². The predicted octanol–water partition coefficient (Wildman–Crippen LogP) is 1.62. The van der Waals surface area contributed by atoms with E-state index in [1.807, 2.05) is 24.7 Å². The summed E-state index contributed by atoms with van der Waals surface area (Å²) >= 11 is 0. The average Bonchev–Trinajstić information content (AvgIpc) is 3.28. The van der Waals surface area contributed by atoms with E-state index < -0.39 is 0 Å². The van der Waals surface area contributed by atoms with Crippen molar-refractivity contribution in [3.05, 3.63) is 48.8 Å². The first kappa shape index (κ1) is 13.0. The largest absolute Gasteiger partial charge is 0.353 e. The molecule has 0 N–H and O–H groups in total. The maximum absolute atomic E-state index is 4.66. The van der Waals surface area contributed by atoms with Crippen molar-refractivity contribution >= 4 is 5.82 Å². The lowest BCUT2D eigenvalue weighted by Crippen LogP contribution is -2.22. The predicted molar refractivity (Wildman–Crippen MR) is 82.0 cm³/mol. The Morgan fingerprint density at radius 2 is 2.05 bits per heavy atom. The average molecular weight is 295 g/mol. The Labute approximate surface area is 128 Å². The van der Waals surface area contributed by atoms with Crippen LogP contribution in [0.4, 0.5) is 5.82 Å². The quantitative estimate of drug-likeness (QED) is 0.734. The van der Waals surface area contributed by atoms with Gasteiger partial charge < -0.3 is 4.90 Å². The van der Waals surface area contributed by atoms with E-state index in [-0.39, 0.29) is 0 Å². The van der Waals surface area contributed by atoms with E-state index >= 15 is 0 Å². The van der Waals surface area contributed by atoms with Crippen LogP contribution in [-0.2, 0) is 0 Å². The van der Waals surface area contributed by atoms with Gasteiger partial charge in [-0.25, -0.2) is 9.67 Å². The molecule has 0 bridgehead atoms. The molecule has 22 heavy (non-hydrogen) atoms. The van der Waals surface area contributed by atoms with Gasteiger partial charge in [0.1, 0.15) is 5.82 Å². The van der Waals surface area contributed by atoms with Crippen LogP contribution in [0.1, 0.15) is 18.0 Å². The second kappa shape index (κ2) is 5.25. The Balaban J connectivity index is 1.55. The minimum Gasteiger partial charge on any atom is -0.353 e. The Morgan fingerprint density at radius 3 is 2.82 bits per heavy atom. The SMILES string of the molecule is Cc1cnn(C2CCN(c3cncc(-n4cccn4)n3)C2)c1. The first-order valence-corrected chi connectivity index (χ1v) is 7.37. The van der Waals surface area contributed by atoms with Crippen LogP contribution < -0.4 is 4.90 Å². The molecule has 1 fully saturated rings. The van der Waals surface area contributed by atoms with E-state index in [9.17, 15) is 0 Å². The summed E-state index contributed by atoms with van der Waals surface area (Å²) in [4.78, 5) is 11.2. The van der Waals surface area contributed by atoms with E-state index in [1.165, 1.54) is 5.56 Å². The van der Waals surface area contributed by atoms with Gasteiger partial charge in [0.2, 0.25) is 0 Å². The first-order chi connectivity index (χ1) is 10.8. The van der Waals surface area contributed by atoms with E-state index in [2.05, 4.69) is 42.9 Å². The fourth-order valence-corrected chi connectivity index (χ4v) is 2.81. The molecule has 7 nitrogen and oxygen atoms in total. The second-order valence-electron chi connectivity index (χ2n) is 5.57. The molecule has 0 radical (unpaired) electrons. The van der Waals surface area contributed by atoms with Crippen molar-refractivity contribution in [1.29, 1.82) is 0 Å². The summed E-state index contributed by atoms with van der Waals surface area (Å²) in [5, 5.41) is 8.62. The highest BCUT2D eigenvalue weighted by Gasteiger charge is 2.25. The topological polar surface area (TPSA) is 64.7 Å². The van der Waals surface area contributed by atoms with Gasteiger partial charge in [-0.1, -0.05) is 0 Å². The van der Waals surface area contributed by atoms with E-state index in [1.54, 1.807) is 17.1 Å². The molecule has 4 rings (SSSR count). The number of aryl methyl sites for hydroxylation is 1. The van der Waals surface area contributed by atoms with Crippen molar-refractivity contribution < 1.29 is 0 Å². The van der Waals surface area contributed by atoms with Crippen LogP contribution in [0.15, 0.2) is 43.2 Å². The molecule has 4 heterocycles. The minimum absolute atomic E-state index is 0.392.